The van der Waals surface area contributed by atoms with Crippen LogP contribution in [0.1, 0.15) is 51.0 Å². The van der Waals surface area contributed by atoms with Gasteiger partial charge < -0.3 is 5.73 Å². The molecule has 4 heteroatoms. The second-order valence-electron chi connectivity index (χ2n) is 5.83. The summed E-state index contributed by atoms with van der Waals surface area (Å²) in [7, 11) is 0. The lowest BCUT2D eigenvalue weighted by molar-refractivity contribution is -0.124. The Kier molecular flexibility index (Phi) is 5.06. The lowest BCUT2D eigenvalue weighted by Gasteiger charge is -2.33. The number of nitrogens with one attached hydrogen (secondary N) is 1. The summed E-state index contributed by atoms with van der Waals surface area (Å²) >= 11 is 6.04. The number of benzene rings is 1. The Hall–Kier alpha value is -1.06. The predicted molar refractivity (Wildman–Crippen MR) is 82.6 cm³/mol. The van der Waals surface area contributed by atoms with Crippen molar-refractivity contribution in [2.24, 2.45) is 5.73 Å². The molecule has 1 aromatic rings. The molecule has 0 radical (unpaired) electrons. The van der Waals surface area contributed by atoms with E-state index in [9.17, 15) is 4.79 Å². The number of primary amides is 1. The van der Waals surface area contributed by atoms with E-state index in [1.54, 1.807) is 6.07 Å². The highest BCUT2D eigenvalue weighted by molar-refractivity contribution is 6.30. The van der Waals surface area contributed by atoms with Gasteiger partial charge in [-0.2, -0.15) is 0 Å². The van der Waals surface area contributed by atoms with Crippen LogP contribution in [0.4, 0.5) is 0 Å². The van der Waals surface area contributed by atoms with E-state index in [0.717, 1.165) is 18.4 Å². The minimum Gasteiger partial charge on any atom is -0.368 e. The van der Waals surface area contributed by atoms with Crippen molar-refractivity contribution in [3.8, 4) is 0 Å². The Morgan fingerprint density at radius 1 is 1.30 bits per heavy atom. The average Bonchev–Trinajstić information content (AvgIpc) is 2.67. The average molecular weight is 295 g/mol. The summed E-state index contributed by atoms with van der Waals surface area (Å²) in [5, 5.41) is 4.10. The molecule has 1 atom stereocenters. The molecule has 0 heterocycles. The van der Waals surface area contributed by atoms with E-state index in [2.05, 4.69) is 5.32 Å². The molecule has 1 amide bonds. The van der Waals surface area contributed by atoms with Crippen molar-refractivity contribution in [3.63, 3.8) is 0 Å². The molecule has 1 fully saturated rings. The summed E-state index contributed by atoms with van der Waals surface area (Å²) in [5.74, 6) is -0.357. The van der Waals surface area contributed by atoms with E-state index < -0.39 is 5.54 Å². The highest BCUT2D eigenvalue weighted by Crippen LogP contribution is 2.27. The van der Waals surface area contributed by atoms with Crippen LogP contribution in [-0.2, 0) is 10.3 Å². The van der Waals surface area contributed by atoms with Gasteiger partial charge in [0.1, 0.15) is 5.54 Å². The number of halogens is 1. The summed E-state index contributed by atoms with van der Waals surface area (Å²) in [5.41, 5.74) is 5.64. The number of carbonyl (C=O) groups is 1. The smallest absolute Gasteiger partial charge is 0.242 e. The number of nitrogens with two attached hydrogens (primary N) is 1. The fourth-order valence-corrected chi connectivity index (χ4v) is 3.12. The molecule has 0 spiro atoms. The Morgan fingerprint density at radius 3 is 2.50 bits per heavy atom. The Morgan fingerprint density at radius 2 is 1.95 bits per heavy atom. The molecular weight excluding hydrogens is 272 g/mol. The van der Waals surface area contributed by atoms with Crippen LogP contribution in [0.3, 0.4) is 0 Å². The van der Waals surface area contributed by atoms with Gasteiger partial charge in [-0.3, -0.25) is 10.1 Å². The molecule has 3 N–H and O–H groups in total. The zero-order valence-corrected chi connectivity index (χ0v) is 12.7. The number of hydrogen-bond acceptors (Lipinski definition) is 2. The highest BCUT2D eigenvalue weighted by Gasteiger charge is 2.35. The second kappa shape index (κ2) is 6.59. The molecule has 0 bridgehead atoms. The van der Waals surface area contributed by atoms with Crippen molar-refractivity contribution in [1.82, 2.24) is 5.32 Å². The van der Waals surface area contributed by atoms with Crippen LogP contribution in [0.2, 0.25) is 5.02 Å². The standard InChI is InChI=1S/C16H23ClN2O/c1-16(15(18)20,12-7-6-8-13(17)11-12)19-14-9-4-2-3-5-10-14/h6-8,11,14,19H,2-5,9-10H2,1H3,(H2,18,20). The van der Waals surface area contributed by atoms with Crippen LogP contribution in [0.5, 0.6) is 0 Å². The summed E-state index contributed by atoms with van der Waals surface area (Å²) in [6.45, 7) is 1.85. The van der Waals surface area contributed by atoms with Crippen LogP contribution in [-0.4, -0.2) is 11.9 Å². The lowest BCUT2D eigenvalue weighted by atomic mass is 9.89. The van der Waals surface area contributed by atoms with Crippen LogP contribution >= 0.6 is 11.6 Å². The van der Waals surface area contributed by atoms with E-state index in [1.165, 1.54) is 25.7 Å². The van der Waals surface area contributed by atoms with Crippen LogP contribution < -0.4 is 11.1 Å². The maximum atomic E-state index is 12.0. The number of rotatable bonds is 4. The third-order valence-corrected chi connectivity index (χ3v) is 4.48. The minimum absolute atomic E-state index is 0.342. The fourth-order valence-electron chi connectivity index (χ4n) is 2.93. The number of amides is 1. The molecule has 2 rings (SSSR count). The van der Waals surface area contributed by atoms with E-state index in [4.69, 9.17) is 17.3 Å². The third-order valence-electron chi connectivity index (χ3n) is 4.24. The second-order valence-corrected chi connectivity index (χ2v) is 6.27. The molecule has 1 saturated carbocycles. The summed E-state index contributed by atoms with van der Waals surface area (Å²) in [4.78, 5) is 12.0. The molecule has 110 valence electrons. The molecule has 1 aliphatic rings. The van der Waals surface area contributed by atoms with Gasteiger partial charge in [0.25, 0.3) is 0 Å². The van der Waals surface area contributed by atoms with Gasteiger partial charge in [-0.15, -0.1) is 0 Å². The number of hydrogen-bond donors (Lipinski definition) is 2. The van der Waals surface area contributed by atoms with Gasteiger partial charge >= 0.3 is 0 Å². The van der Waals surface area contributed by atoms with Gasteiger partial charge in [0.05, 0.1) is 0 Å². The monoisotopic (exact) mass is 294 g/mol. The third kappa shape index (κ3) is 3.53. The van der Waals surface area contributed by atoms with Crippen LogP contribution in [0, 0.1) is 0 Å². The molecular formula is C16H23ClN2O. The van der Waals surface area contributed by atoms with Crippen molar-refractivity contribution in [2.45, 2.75) is 57.0 Å². The van der Waals surface area contributed by atoms with Crippen molar-refractivity contribution in [2.75, 3.05) is 0 Å². The normalized spacial score (nSPS) is 20.1. The SMILES string of the molecule is CC(NC1CCCCCC1)(C(N)=O)c1cccc(Cl)c1. The molecule has 0 saturated heterocycles. The van der Waals surface area contributed by atoms with Crippen molar-refractivity contribution < 1.29 is 4.79 Å². The summed E-state index contributed by atoms with van der Waals surface area (Å²) in [6, 6.07) is 7.72. The zero-order chi connectivity index (χ0) is 14.6. The molecule has 1 aromatic carbocycles. The highest BCUT2D eigenvalue weighted by atomic mass is 35.5. The van der Waals surface area contributed by atoms with E-state index >= 15 is 0 Å². The Balaban J connectivity index is 2.22. The first-order chi connectivity index (χ1) is 9.52. The van der Waals surface area contributed by atoms with Gasteiger partial charge in [-0.05, 0) is 37.5 Å². The quantitative estimate of drug-likeness (QED) is 0.837. The van der Waals surface area contributed by atoms with Crippen LogP contribution in [0.25, 0.3) is 0 Å². The van der Waals surface area contributed by atoms with Crippen molar-refractivity contribution in [3.05, 3.63) is 34.9 Å². The van der Waals surface area contributed by atoms with Gasteiger partial charge in [-0.25, -0.2) is 0 Å². The van der Waals surface area contributed by atoms with Gasteiger partial charge in [0, 0.05) is 11.1 Å². The topological polar surface area (TPSA) is 55.1 Å². The molecule has 3 nitrogen and oxygen atoms in total. The van der Waals surface area contributed by atoms with Crippen molar-refractivity contribution >= 4 is 17.5 Å². The Bertz CT molecular complexity index is 469. The van der Waals surface area contributed by atoms with Crippen molar-refractivity contribution in [1.29, 1.82) is 0 Å². The van der Waals surface area contributed by atoms with E-state index in [1.807, 2.05) is 25.1 Å². The van der Waals surface area contributed by atoms with Gasteiger partial charge in [-0.1, -0.05) is 49.4 Å². The largest absolute Gasteiger partial charge is 0.368 e. The molecule has 1 unspecified atom stereocenters. The lowest BCUT2D eigenvalue weighted by Crippen LogP contribution is -2.54. The zero-order valence-electron chi connectivity index (χ0n) is 12.0. The van der Waals surface area contributed by atoms with Crippen LogP contribution in [0.15, 0.2) is 24.3 Å². The Labute approximate surface area is 125 Å². The molecule has 0 aromatic heterocycles. The van der Waals surface area contributed by atoms with E-state index in [-0.39, 0.29) is 5.91 Å². The molecule has 0 aliphatic heterocycles. The first kappa shape index (κ1) is 15.3. The summed E-state index contributed by atoms with van der Waals surface area (Å²) in [6.07, 6.45) is 7.18. The fraction of sp³-hybridized carbons (Fsp3) is 0.562. The maximum Gasteiger partial charge on any atom is 0.242 e. The first-order valence-electron chi connectivity index (χ1n) is 7.36. The predicted octanol–water partition coefficient (Wildman–Crippen LogP) is 3.35. The molecule has 20 heavy (non-hydrogen) atoms. The maximum absolute atomic E-state index is 12.0. The number of carbonyl (C=O) groups excluding carboxylic acids is 1. The summed E-state index contributed by atoms with van der Waals surface area (Å²) < 4.78 is 0. The molecule has 1 aliphatic carbocycles. The van der Waals surface area contributed by atoms with E-state index in [0.29, 0.717) is 11.1 Å². The van der Waals surface area contributed by atoms with Gasteiger partial charge in [0.15, 0.2) is 0 Å². The first-order valence-corrected chi connectivity index (χ1v) is 7.74. The minimum atomic E-state index is -0.861. The van der Waals surface area contributed by atoms with Gasteiger partial charge in [0.2, 0.25) is 5.91 Å².